The summed E-state index contributed by atoms with van der Waals surface area (Å²) in [5.74, 6) is 1.58. The Balaban J connectivity index is 1.36. The highest BCUT2D eigenvalue weighted by Gasteiger charge is 2.31. The van der Waals surface area contributed by atoms with E-state index in [9.17, 15) is 4.79 Å². The zero-order chi connectivity index (χ0) is 25.4. The number of rotatable bonds is 3. The van der Waals surface area contributed by atoms with Crippen molar-refractivity contribution in [2.45, 2.75) is 51.7 Å². The van der Waals surface area contributed by atoms with Crippen molar-refractivity contribution < 1.29 is 19.0 Å². The van der Waals surface area contributed by atoms with Crippen LogP contribution in [0.15, 0.2) is 30.3 Å². The number of amides is 1. The van der Waals surface area contributed by atoms with Gasteiger partial charge in [-0.05, 0) is 75.9 Å². The van der Waals surface area contributed by atoms with Gasteiger partial charge in [0.1, 0.15) is 36.2 Å². The minimum atomic E-state index is -0.509. The molecular formula is C27H35N5O4. The first kappa shape index (κ1) is 24.2. The summed E-state index contributed by atoms with van der Waals surface area (Å²) in [4.78, 5) is 19.3. The number of carbonyl (C=O) groups excluding carboxylic acids is 1. The van der Waals surface area contributed by atoms with E-state index in [0.717, 1.165) is 53.2 Å². The number of carbonyl (C=O) groups is 1. The lowest BCUT2D eigenvalue weighted by Gasteiger charge is -2.33. The van der Waals surface area contributed by atoms with Gasteiger partial charge in [0, 0.05) is 36.9 Å². The molecule has 192 valence electrons. The lowest BCUT2D eigenvalue weighted by atomic mass is 9.91. The third-order valence-corrected chi connectivity index (χ3v) is 6.76. The summed E-state index contributed by atoms with van der Waals surface area (Å²) in [6.07, 6.45) is 2.30. The number of benzene rings is 1. The molecular weight excluding hydrogens is 458 g/mol. The molecule has 1 atom stereocenters. The maximum atomic E-state index is 12.6. The molecule has 3 heterocycles. The van der Waals surface area contributed by atoms with E-state index < -0.39 is 5.60 Å². The molecule has 5 rings (SSSR count). The number of fused-ring (bicyclic) bond motifs is 4. The van der Waals surface area contributed by atoms with Gasteiger partial charge >= 0.3 is 6.09 Å². The third-order valence-electron chi connectivity index (χ3n) is 6.76. The smallest absolute Gasteiger partial charge is 0.410 e. The van der Waals surface area contributed by atoms with Crippen LogP contribution in [0.2, 0.25) is 0 Å². The number of likely N-dealkylation sites (N-methyl/N-ethyl adjacent to an activating group) is 1. The molecule has 0 fully saturated rings. The molecule has 0 spiro atoms. The van der Waals surface area contributed by atoms with E-state index >= 15 is 0 Å². The minimum Gasteiger partial charge on any atom is -0.489 e. The summed E-state index contributed by atoms with van der Waals surface area (Å²) in [5.41, 5.74) is 4.77. The van der Waals surface area contributed by atoms with Gasteiger partial charge in [0.2, 0.25) is 0 Å². The average Bonchev–Trinajstić information content (AvgIpc) is 3.09. The van der Waals surface area contributed by atoms with E-state index in [1.807, 2.05) is 52.1 Å². The van der Waals surface area contributed by atoms with Gasteiger partial charge in [-0.15, -0.1) is 0 Å². The van der Waals surface area contributed by atoms with Crippen molar-refractivity contribution in [2.75, 3.05) is 37.6 Å². The standard InChI is InChI=1S/C27H35N5O4/c1-27(2,3)36-26(33)31(4)18-7-9-22-20(15-18)19-8-11-24(30-25(19)32(22)5)29-17-6-10-23-21(14-17)28-16-34-12-13-35-23/h6,8,10-11,14,18,28H,7,9,12-13,15-16H2,1-5H3,(H,29,30). The van der Waals surface area contributed by atoms with Crippen molar-refractivity contribution in [3.63, 3.8) is 0 Å². The second kappa shape index (κ2) is 9.54. The Morgan fingerprint density at radius 2 is 2.08 bits per heavy atom. The van der Waals surface area contributed by atoms with Crippen LogP contribution in [0.5, 0.6) is 5.75 Å². The Hall–Kier alpha value is -3.46. The predicted octanol–water partition coefficient (Wildman–Crippen LogP) is 4.82. The number of hydrogen-bond donors (Lipinski definition) is 2. The molecule has 2 aliphatic rings. The Bertz CT molecular complexity index is 1280. The molecule has 0 saturated heterocycles. The lowest BCUT2D eigenvalue weighted by Crippen LogP contribution is -2.43. The van der Waals surface area contributed by atoms with Crippen molar-refractivity contribution >= 4 is 34.3 Å². The number of pyridine rings is 1. The third kappa shape index (κ3) is 4.93. The van der Waals surface area contributed by atoms with Crippen molar-refractivity contribution in [3.05, 3.63) is 41.6 Å². The number of hydrogen-bond acceptors (Lipinski definition) is 7. The average molecular weight is 494 g/mol. The van der Waals surface area contributed by atoms with Gasteiger partial charge < -0.3 is 34.3 Å². The maximum absolute atomic E-state index is 12.6. The van der Waals surface area contributed by atoms with Crippen LogP contribution in [-0.4, -0.2) is 59.2 Å². The van der Waals surface area contributed by atoms with Crippen molar-refractivity contribution in [1.29, 1.82) is 0 Å². The second-order valence-electron chi connectivity index (χ2n) is 10.5. The molecule has 1 aliphatic heterocycles. The maximum Gasteiger partial charge on any atom is 0.410 e. The first-order chi connectivity index (χ1) is 17.2. The summed E-state index contributed by atoms with van der Waals surface area (Å²) >= 11 is 0. The van der Waals surface area contributed by atoms with Crippen molar-refractivity contribution in [3.8, 4) is 5.75 Å². The number of ether oxygens (including phenoxy) is 3. The zero-order valence-electron chi connectivity index (χ0n) is 21.7. The van der Waals surface area contributed by atoms with Gasteiger partial charge in [-0.2, -0.15) is 0 Å². The molecule has 2 N–H and O–H groups in total. The van der Waals surface area contributed by atoms with E-state index in [-0.39, 0.29) is 12.1 Å². The molecule has 1 aliphatic carbocycles. The monoisotopic (exact) mass is 493 g/mol. The normalized spacial score (nSPS) is 17.6. The Morgan fingerprint density at radius 1 is 1.25 bits per heavy atom. The fraction of sp³-hybridized carbons (Fsp3) is 0.481. The van der Waals surface area contributed by atoms with Gasteiger partial charge in [-0.1, -0.05) is 0 Å². The lowest BCUT2D eigenvalue weighted by molar-refractivity contribution is 0.0210. The van der Waals surface area contributed by atoms with Gasteiger partial charge in [-0.3, -0.25) is 0 Å². The first-order valence-corrected chi connectivity index (χ1v) is 12.5. The molecule has 1 aromatic carbocycles. The molecule has 36 heavy (non-hydrogen) atoms. The Morgan fingerprint density at radius 3 is 2.89 bits per heavy atom. The molecule has 1 unspecified atom stereocenters. The zero-order valence-corrected chi connectivity index (χ0v) is 21.7. The molecule has 9 nitrogen and oxygen atoms in total. The number of aryl methyl sites for hydroxylation is 1. The van der Waals surface area contributed by atoms with Crippen LogP contribution in [-0.2, 0) is 29.4 Å². The van der Waals surface area contributed by atoms with E-state index in [4.69, 9.17) is 19.2 Å². The molecule has 0 bridgehead atoms. The first-order valence-electron chi connectivity index (χ1n) is 12.5. The second-order valence-corrected chi connectivity index (χ2v) is 10.5. The van der Waals surface area contributed by atoms with E-state index in [1.54, 1.807) is 4.90 Å². The van der Waals surface area contributed by atoms with Crippen LogP contribution in [0.25, 0.3) is 11.0 Å². The summed E-state index contributed by atoms with van der Waals surface area (Å²) in [5, 5.41) is 7.80. The number of nitrogens with one attached hydrogen (secondary N) is 2. The van der Waals surface area contributed by atoms with E-state index in [2.05, 4.69) is 28.3 Å². The van der Waals surface area contributed by atoms with E-state index in [1.165, 1.54) is 11.3 Å². The van der Waals surface area contributed by atoms with Gasteiger partial charge in [0.25, 0.3) is 0 Å². The topological polar surface area (TPSA) is 89.9 Å². The fourth-order valence-corrected chi connectivity index (χ4v) is 4.93. The largest absolute Gasteiger partial charge is 0.489 e. The highest BCUT2D eigenvalue weighted by atomic mass is 16.6. The Labute approximate surface area is 211 Å². The summed E-state index contributed by atoms with van der Waals surface area (Å²) in [6, 6.07) is 10.2. The molecule has 1 amide bonds. The van der Waals surface area contributed by atoms with Gasteiger partial charge in [0.15, 0.2) is 0 Å². The number of aromatic nitrogens is 2. The predicted molar refractivity (Wildman–Crippen MR) is 140 cm³/mol. The minimum absolute atomic E-state index is 0.0956. The fourth-order valence-electron chi connectivity index (χ4n) is 4.93. The van der Waals surface area contributed by atoms with Crippen molar-refractivity contribution in [2.24, 2.45) is 7.05 Å². The number of nitrogens with zero attached hydrogens (tertiary/aromatic N) is 3. The summed E-state index contributed by atoms with van der Waals surface area (Å²) in [7, 11) is 3.91. The molecule has 0 radical (unpaired) electrons. The van der Waals surface area contributed by atoms with Crippen LogP contribution in [0.4, 0.5) is 22.0 Å². The summed E-state index contributed by atoms with van der Waals surface area (Å²) < 4.78 is 19.0. The highest BCUT2D eigenvalue weighted by molar-refractivity contribution is 5.85. The van der Waals surface area contributed by atoms with Crippen LogP contribution in [0.3, 0.4) is 0 Å². The Kier molecular flexibility index (Phi) is 6.42. The van der Waals surface area contributed by atoms with Crippen LogP contribution in [0, 0.1) is 0 Å². The van der Waals surface area contributed by atoms with Crippen LogP contribution in [0.1, 0.15) is 38.4 Å². The molecule has 0 saturated carbocycles. The summed E-state index contributed by atoms with van der Waals surface area (Å²) in [6.45, 7) is 7.23. The number of anilines is 3. The van der Waals surface area contributed by atoms with Crippen molar-refractivity contribution in [1.82, 2.24) is 14.5 Å². The quantitative estimate of drug-likeness (QED) is 0.541. The van der Waals surface area contributed by atoms with E-state index in [0.29, 0.717) is 19.9 Å². The molecule has 9 heteroatoms. The van der Waals surface area contributed by atoms with Crippen LogP contribution < -0.4 is 15.4 Å². The van der Waals surface area contributed by atoms with Gasteiger partial charge in [-0.25, -0.2) is 9.78 Å². The van der Waals surface area contributed by atoms with Gasteiger partial charge in [0.05, 0.1) is 12.3 Å². The highest BCUT2D eigenvalue weighted by Crippen LogP contribution is 2.34. The van der Waals surface area contributed by atoms with Crippen LogP contribution >= 0.6 is 0 Å². The SMILES string of the molecule is CN(C(=O)OC(C)(C)C)C1CCc2c(c3ccc(Nc4ccc5c(c4)NCOCCO5)nc3n2C)C1. The molecule has 3 aromatic rings. The molecule has 2 aromatic heterocycles.